The van der Waals surface area contributed by atoms with Crippen LogP contribution in [0.5, 0.6) is 0 Å². The lowest BCUT2D eigenvalue weighted by Gasteiger charge is -2.08. The van der Waals surface area contributed by atoms with Crippen LogP contribution in [0.3, 0.4) is 0 Å². The summed E-state index contributed by atoms with van der Waals surface area (Å²) in [6, 6.07) is 1.13. The van der Waals surface area contributed by atoms with E-state index in [0.29, 0.717) is 12.1 Å². The van der Waals surface area contributed by atoms with Gasteiger partial charge >= 0.3 is 11.9 Å². The van der Waals surface area contributed by atoms with Crippen LogP contribution in [0.2, 0.25) is 0 Å². The number of halogens is 3. The summed E-state index contributed by atoms with van der Waals surface area (Å²) in [6.07, 6.45) is -0.626. The van der Waals surface area contributed by atoms with Gasteiger partial charge in [-0.25, -0.2) is 13.2 Å². The monoisotopic (exact) mass is 248 g/mol. The van der Waals surface area contributed by atoms with E-state index in [4.69, 9.17) is 10.2 Å². The average Bonchev–Trinajstić information content (AvgIpc) is 2.21. The molecule has 0 aliphatic rings. The van der Waals surface area contributed by atoms with Crippen LogP contribution in [0.25, 0.3) is 0 Å². The highest BCUT2D eigenvalue weighted by molar-refractivity contribution is 5.93. The van der Waals surface area contributed by atoms with Gasteiger partial charge in [0.1, 0.15) is 0 Å². The van der Waals surface area contributed by atoms with Gasteiger partial charge in [-0.1, -0.05) is 0 Å². The molecule has 7 heteroatoms. The topological polar surface area (TPSA) is 74.6 Å². The smallest absolute Gasteiger partial charge is 0.318 e. The summed E-state index contributed by atoms with van der Waals surface area (Å²) in [5, 5.41) is 17.1. The first-order valence-corrected chi connectivity index (χ1v) is 4.42. The summed E-state index contributed by atoms with van der Waals surface area (Å²) in [6.45, 7) is 0. The number of carboxylic acid groups (broad SMARTS) is 2. The van der Waals surface area contributed by atoms with Gasteiger partial charge in [-0.05, 0) is 24.1 Å². The Balaban J connectivity index is 3.02. The van der Waals surface area contributed by atoms with Crippen LogP contribution in [0.4, 0.5) is 13.2 Å². The standard InChI is InChI=1S/C10H7F3O4/c11-6-2-4(3-7(12)8(6)13)1-5(9(14)15)10(16)17/h2-3,5H,1H2,(H,14,15)(H,16,17). The number of rotatable bonds is 4. The second-order valence-corrected chi connectivity index (χ2v) is 3.31. The van der Waals surface area contributed by atoms with Crippen LogP contribution in [0.1, 0.15) is 5.56 Å². The fourth-order valence-corrected chi connectivity index (χ4v) is 1.24. The predicted molar refractivity (Wildman–Crippen MR) is 48.8 cm³/mol. The highest BCUT2D eigenvalue weighted by atomic mass is 19.2. The molecule has 92 valence electrons. The van der Waals surface area contributed by atoms with Crippen molar-refractivity contribution >= 4 is 11.9 Å². The van der Waals surface area contributed by atoms with Gasteiger partial charge in [-0.15, -0.1) is 0 Å². The van der Waals surface area contributed by atoms with E-state index in [1.165, 1.54) is 0 Å². The van der Waals surface area contributed by atoms with Crippen molar-refractivity contribution < 1.29 is 33.0 Å². The molecule has 0 heterocycles. The Morgan fingerprint density at radius 1 is 1.06 bits per heavy atom. The van der Waals surface area contributed by atoms with Crippen molar-refractivity contribution in [2.45, 2.75) is 6.42 Å². The molecule has 0 saturated heterocycles. The zero-order chi connectivity index (χ0) is 13.2. The third kappa shape index (κ3) is 2.96. The van der Waals surface area contributed by atoms with E-state index in [0.717, 1.165) is 0 Å². The summed E-state index contributed by atoms with van der Waals surface area (Å²) in [5.41, 5.74) is -0.240. The molecule has 0 unspecified atom stereocenters. The molecule has 1 rings (SSSR count). The minimum absolute atomic E-state index is 0.240. The van der Waals surface area contributed by atoms with Crippen molar-refractivity contribution in [1.82, 2.24) is 0 Å². The molecule has 0 aliphatic carbocycles. The van der Waals surface area contributed by atoms with Crippen molar-refractivity contribution in [2.75, 3.05) is 0 Å². The first kappa shape index (κ1) is 13.0. The molecule has 4 nitrogen and oxygen atoms in total. The number of aliphatic carboxylic acids is 2. The van der Waals surface area contributed by atoms with Crippen molar-refractivity contribution in [3.63, 3.8) is 0 Å². The van der Waals surface area contributed by atoms with Crippen LogP contribution < -0.4 is 0 Å². The molecule has 0 bridgehead atoms. The van der Waals surface area contributed by atoms with Gasteiger partial charge in [-0.2, -0.15) is 0 Å². The van der Waals surface area contributed by atoms with E-state index in [-0.39, 0.29) is 5.56 Å². The Morgan fingerprint density at radius 2 is 1.47 bits per heavy atom. The average molecular weight is 248 g/mol. The second-order valence-electron chi connectivity index (χ2n) is 3.31. The molecule has 2 N–H and O–H groups in total. The largest absolute Gasteiger partial charge is 0.481 e. The van der Waals surface area contributed by atoms with E-state index in [1.807, 2.05) is 0 Å². The third-order valence-electron chi connectivity index (χ3n) is 2.08. The summed E-state index contributed by atoms with van der Waals surface area (Å²) in [4.78, 5) is 21.1. The predicted octanol–water partition coefficient (Wildman–Crippen LogP) is 1.43. The molecule has 1 aromatic rings. The van der Waals surface area contributed by atoms with Gasteiger partial charge in [0.2, 0.25) is 0 Å². The summed E-state index contributed by atoms with van der Waals surface area (Å²) in [5.74, 6) is -9.77. The van der Waals surface area contributed by atoms with Crippen LogP contribution >= 0.6 is 0 Å². The zero-order valence-corrected chi connectivity index (χ0v) is 8.28. The zero-order valence-electron chi connectivity index (χ0n) is 8.28. The minimum Gasteiger partial charge on any atom is -0.481 e. The highest BCUT2D eigenvalue weighted by Crippen LogP contribution is 2.17. The Bertz CT molecular complexity index is 436. The molecule has 0 aliphatic heterocycles. The summed E-state index contributed by atoms with van der Waals surface area (Å²) >= 11 is 0. The lowest BCUT2D eigenvalue weighted by Crippen LogP contribution is -2.25. The van der Waals surface area contributed by atoms with E-state index in [1.54, 1.807) is 0 Å². The van der Waals surface area contributed by atoms with Gasteiger partial charge in [0.05, 0.1) is 0 Å². The normalized spacial score (nSPS) is 10.6. The number of carboxylic acids is 2. The SMILES string of the molecule is O=C(O)C(Cc1cc(F)c(F)c(F)c1)C(=O)O. The molecule has 0 aromatic heterocycles. The van der Waals surface area contributed by atoms with E-state index in [9.17, 15) is 22.8 Å². The molecule has 0 amide bonds. The number of benzene rings is 1. The third-order valence-corrected chi connectivity index (χ3v) is 2.08. The number of hydrogen-bond acceptors (Lipinski definition) is 2. The van der Waals surface area contributed by atoms with E-state index >= 15 is 0 Å². The molecule has 0 saturated carbocycles. The maximum absolute atomic E-state index is 12.8. The second kappa shape index (κ2) is 4.86. The number of hydrogen-bond donors (Lipinski definition) is 2. The molecule has 0 spiro atoms. The molecule has 0 radical (unpaired) electrons. The Labute approximate surface area is 93.3 Å². The van der Waals surface area contributed by atoms with E-state index < -0.39 is 41.7 Å². The molecule has 0 fully saturated rings. The molecular formula is C10H7F3O4. The molecule has 17 heavy (non-hydrogen) atoms. The van der Waals surface area contributed by atoms with Crippen molar-refractivity contribution in [3.8, 4) is 0 Å². The van der Waals surface area contributed by atoms with Crippen molar-refractivity contribution in [1.29, 1.82) is 0 Å². The lowest BCUT2D eigenvalue weighted by molar-refractivity contribution is -0.154. The van der Waals surface area contributed by atoms with Gasteiger partial charge in [0, 0.05) is 0 Å². The first-order valence-electron chi connectivity index (χ1n) is 4.42. The van der Waals surface area contributed by atoms with Crippen LogP contribution in [-0.2, 0) is 16.0 Å². The fourth-order valence-electron chi connectivity index (χ4n) is 1.24. The molecular weight excluding hydrogens is 241 g/mol. The van der Waals surface area contributed by atoms with Gasteiger partial charge in [0.15, 0.2) is 23.4 Å². The summed E-state index contributed by atoms with van der Waals surface area (Å²) < 4.78 is 38.1. The quantitative estimate of drug-likeness (QED) is 0.624. The van der Waals surface area contributed by atoms with E-state index in [2.05, 4.69) is 0 Å². The summed E-state index contributed by atoms with van der Waals surface area (Å²) in [7, 11) is 0. The van der Waals surface area contributed by atoms with Crippen LogP contribution in [0.15, 0.2) is 12.1 Å². The Morgan fingerprint density at radius 3 is 1.82 bits per heavy atom. The molecule has 0 atom stereocenters. The van der Waals surface area contributed by atoms with Gasteiger partial charge in [-0.3, -0.25) is 9.59 Å². The Kier molecular flexibility index (Phi) is 3.72. The Hall–Kier alpha value is -2.05. The number of carbonyl (C=O) groups is 2. The van der Waals surface area contributed by atoms with Crippen LogP contribution in [-0.4, -0.2) is 22.2 Å². The fraction of sp³-hybridized carbons (Fsp3) is 0.200. The first-order chi connectivity index (χ1) is 7.82. The van der Waals surface area contributed by atoms with Crippen molar-refractivity contribution in [3.05, 3.63) is 35.1 Å². The van der Waals surface area contributed by atoms with Gasteiger partial charge in [0.25, 0.3) is 0 Å². The van der Waals surface area contributed by atoms with Crippen LogP contribution in [0, 0.1) is 23.4 Å². The lowest BCUT2D eigenvalue weighted by atomic mass is 9.99. The maximum atomic E-state index is 12.8. The van der Waals surface area contributed by atoms with Gasteiger partial charge < -0.3 is 10.2 Å². The maximum Gasteiger partial charge on any atom is 0.318 e. The minimum atomic E-state index is -1.83. The highest BCUT2D eigenvalue weighted by Gasteiger charge is 2.26. The van der Waals surface area contributed by atoms with Crippen molar-refractivity contribution in [2.24, 2.45) is 5.92 Å². The molecule has 1 aromatic carbocycles.